The lowest BCUT2D eigenvalue weighted by molar-refractivity contribution is 0.0939. The van der Waals surface area contributed by atoms with E-state index in [1.807, 2.05) is 45.4 Å². The summed E-state index contributed by atoms with van der Waals surface area (Å²) in [6.07, 6.45) is 6.61. The molecule has 0 bridgehead atoms. The fourth-order valence-corrected chi connectivity index (χ4v) is 4.99. The summed E-state index contributed by atoms with van der Waals surface area (Å²) in [4.78, 5) is 18.4. The average Bonchev–Trinajstić information content (AvgIpc) is 3.60. The molecule has 1 N–H and O–H groups in total. The Labute approximate surface area is 214 Å². The zero-order valence-corrected chi connectivity index (χ0v) is 21.8. The summed E-state index contributed by atoms with van der Waals surface area (Å²) in [6, 6.07) is 12.2. The van der Waals surface area contributed by atoms with Crippen LogP contribution in [0.1, 0.15) is 47.3 Å². The minimum absolute atomic E-state index is 0.0556. The second-order valence-corrected chi connectivity index (χ2v) is 10.3. The normalized spacial score (nSPS) is 17.2. The number of benzene rings is 2. The molecule has 36 heavy (non-hydrogen) atoms. The zero-order chi connectivity index (χ0) is 25.2. The van der Waals surface area contributed by atoms with Crippen molar-refractivity contribution in [2.24, 2.45) is 13.0 Å². The minimum Gasteiger partial charge on any atom is -0.497 e. The molecule has 2 fully saturated rings. The van der Waals surface area contributed by atoms with Gasteiger partial charge in [0.1, 0.15) is 5.75 Å². The van der Waals surface area contributed by atoms with Gasteiger partial charge in [-0.05, 0) is 79.6 Å². The number of aryl methyl sites for hydroxylation is 2. The molecule has 7 nitrogen and oxygen atoms in total. The van der Waals surface area contributed by atoms with Crippen LogP contribution in [0, 0.1) is 12.8 Å². The Balaban J connectivity index is 1.29. The first-order valence-corrected chi connectivity index (χ1v) is 13.0. The van der Waals surface area contributed by atoms with Gasteiger partial charge in [-0.25, -0.2) is 0 Å². The zero-order valence-electron chi connectivity index (χ0n) is 21.8. The summed E-state index contributed by atoms with van der Waals surface area (Å²) in [7, 11) is 3.56. The number of ether oxygens (including phenoxy) is 1. The van der Waals surface area contributed by atoms with Crippen LogP contribution < -0.4 is 15.0 Å². The molecule has 2 aliphatic rings. The van der Waals surface area contributed by atoms with Crippen molar-refractivity contribution in [3.05, 3.63) is 65.5 Å². The molecule has 1 aliphatic carbocycles. The van der Waals surface area contributed by atoms with E-state index in [9.17, 15) is 4.79 Å². The smallest absolute Gasteiger partial charge is 0.252 e. The molecule has 1 saturated carbocycles. The highest BCUT2D eigenvalue weighted by Gasteiger charge is 2.27. The molecule has 1 aliphatic heterocycles. The van der Waals surface area contributed by atoms with Crippen molar-refractivity contribution >= 4 is 11.6 Å². The van der Waals surface area contributed by atoms with Crippen LogP contribution >= 0.6 is 0 Å². The van der Waals surface area contributed by atoms with Gasteiger partial charge >= 0.3 is 0 Å². The van der Waals surface area contributed by atoms with Gasteiger partial charge in [-0.2, -0.15) is 5.10 Å². The summed E-state index contributed by atoms with van der Waals surface area (Å²) in [5.74, 6) is 1.63. The second-order valence-electron chi connectivity index (χ2n) is 10.3. The number of aromatic nitrogens is 2. The first-order valence-electron chi connectivity index (χ1n) is 13.0. The van der Waals surface area contributed by atoms with E-state index >= 15 is 0 Å². The molecule has 1 amide bonds. The summed E-state index contributed by atoms with van der Waals surface area (Å²) < 4.78 is 7.33. The van der Waals surface area contributed by atoms with Crippen LogP contribution in [0.25, 0.3) is 11.1 Å². The maximum absolute atomic E-state index is 13.4. The first-order chi connectivity index (χ1) is 17.4. The summed E-state index contributed by atoms with van der Waals surface area (Å²) in [5, 5.41) is 7.50. The predicted molar refractivity (Wildman–Crippen MR) is 144 cm³/mol. The lowest BCUT2D eigenvalue weighted by Crippen LogP contribution is -2.47. The molecule has 1 atom stereocenters. The molecular formula is C29H37N5O2. The fraction of sp³-hybridized carbons (Fsp3) is 0.448. The van der Waals surface area contributed by atoms with Crippen LogP contribution in [0.5, 0.6) is 5.75 Å². The molecule has 2 aromatic carbocycles. The van der Waals surface area contributed by atoms with Crippen LogP contribution in [-0.4, -0.2) is 60.4 Å². The molecule has 1 saturated heterocycles. The van der Waals surface area contributed by atoms with Gasteiger partial charge in [0.2, 0.25) is 0 Å². The van der Waals surface area contributed by atoms with Crippen molar-refractivity contribution in [3.8, 4) is 16.9 Å². The lowest BCUT2D eigenvalue weighted by atomic mass is 10.0. The number of carbonyl (C=O) groups excluding carboxylic acids is 1. The molecule has 0 radical (unpaired) electrons. The molecule has 1 aromatic heterocycles. The number of nitrogens with zero attached hydrogens (tertiary/aromatic N) is 4. The van der Waals surface area contributed by atoms with Crippen LogP contribution in [0.3, 0.4) is 0 Å². The van der Waals surface area contributed by atoms with Crippen LogP contribution in [0.2, 0.25) is 0 Å². The number of hydrogen-bond acceptors (Lipinski definition) is 5. The molecule has 2 heterocycles. The van der Waals surface area contributed by atoms with E-state index in [2.05, 4.69) is 44.5 Å². The number of nitrogens with one attached hydrogen (secondary N) is 1. The number of rotatable bonds is 8. The third kappa shape index (κ3) is 5.57. The van der Waals surface area contributed by atoms with Crippen LogP contribution in [0.4, 0.5) is 5.69 Å². The third-order valence-electron chi connectivity index (χ3n) is 7.47. The third-order valence-corrected chi connectivity index (χ3v) is 7.47. The van der Waals surface area contributed by atoms with Gasteiger partial charge in [0.25, 0.3) is 5.91 Å². The van der Waals surface area contributed by atoms with E-state index in [0.717, 1.165) is 71.4 Å². The number of piperazine rings is 1. The van der Waals surface area contributed by atoms with E-state index in [1.54, 1.807) is 11.8 Å². The Morgan fingerprint density at radius 2 is 1.89 bits per heavy atom. The average molecular weight is 488 g/mol. The van der Waals surface area contributed by atoms with Crippen LogP contribution in [0.15, 0.2) is 48.8 Å². The number of carbonyl (C=O) groups is 1. The Hall–Kier alpha value is -3.32. The van der Waals surface area contributed by atoms with Crippen molar-refractivity contribution in [1.29, 1.82) is 0 Å². The van der Waals surface area contributed by atoms with Crippen molar-refractivity contribution in [2.75, 3.05) is 44.7 Å². The van der Waals surface area contributed by atoms with Crippen molar-refractivity contribution < 1.29 is 9.53 Å². The Morgan fingerprint density at radius 3 is 2.56 bits per heavy atom. The molecule has 190 valence electrons. The Morgan fingerprint density at radius 1 is 1.11 bits per heavy atom. The second kappa shape index (κ2) is 10.3. The number of amides is 1. The highest BCUT2D eigenvalue weighted by Crippen LogP contribution is 2.31. The van der Waals surface area contributed by atoms with E-state index < -0.39 is 0 Å². The maximum atomic E-state index is 13.4. The SMILES string of the molecule is COc1cc(-c2cnn(C)c2)cc([C@@H](C)NC(=O)c2cc(N3CCN(CC4CC4)CC3)ccc2C)c1. The quantitative estimate of drug-likeness (QED) is 0.509. The van der Waals surface area contributed by atoms with E-state index in [4.69, 9.17) is 4.74 Å². The topological polar surface area (TPSA) is 62.6 Å². The first kappa shape index (κ1) is 24.4. The van der Waals surface area contributed by atoms with Gasteiger partial charge in [0.15, 0.2) is 0 Å². The molecule has 5 rings (SSSR count). The van der Waals surface area contributed by atoms with E-state index in [0.29, 0.717) is 0 Å². The molecular weight excluding hydrogens is 450 g/mol. The highest BCUT2D eigenvalue weighted by atomic mass is 16.5. The number of hydrogen-bond donors (Lipinski definition) is 1. The number of anilines is 1. The van der Waals surface area contributed by atoms with E-state index in [1.165, 1.54) is 19.4 Å². The van der Waals surface area contributed by atoms with Gasteiger partial charge in [-0.15, -0.1) is 0 Å². The van der Waals surface area contributed by atoms with Gasteiger partial charge in [0.05, 0.1) is 19.3 Å². The fourth-order valence-electron chi connectivity index (χ4n) is 4.99. The largest absolute Gasteiger partial charge is 0.497 e. The predicted octanol–water partition coefficient (Wildman–Crippen LogP) is 4.43. The van der Waals surface area contributed by atoms with Crippen molar-refractivity contribution in [3.63, 3.8) is 0 Å². The monoisotopic (exact) mass is 487 g/mol. The Kier molecular flexibility index (Phi) is 7.01. The van der Waals surface area contributed by atoms with Gasteiger partial charge in [-0.3, -0.25) is 14.4 Å². The standard InChI is InChI=1S/C29H37N5O2/c1-20-5-8-26(34-11-9-33(10-12-34)18-22-6-7-22)16-28(20)29(35)31-21(2)23-13-24(15-27(14-23)36-4)25-17-30-32(3)19-25/h5,8,13-17,19,21-22H,6-7,9-12,18H2,1-4H3,(H,31,35)/t21-/m1/s1. The van der Waals surface area contributed by atoms with Crippen molar-refractivity contribution in [1.82, 2.24) is 20.0 Å². The van der Waals surface area contributed by atoms with Gasteiger partial charge < -0.3 is 15.0 Å². The summed E-state index contributed by atoms with van der Waals surface area (Å²) in [6.45, 7) is 9.47. The Bertz CT molecular complexity index is 1220. The maximum Gasteiger partial charge on any atom is 0.252 e. The van der Waals surface area contributed by atoms with Crippen molar-refractivity contribution in [2.45, 2.75) is 32.7 Å². The molecule has 3 aromatic rings. The van der Waals surface area contributed by atoms with Gasteiger partial charge in [0, 0.05) is 62.8 Å². The van der Waals surface area contributed by atoms with Gasteiger partial charge in [-0.1, -0.05) is 6.07 Å². The lowest BCUT2D eigenvalue weighted by Gasteiger charge is -2.36. The molecule has 7 heteroatoms. The highest BCUT2D eigenvalue weighted by molar-refractivity contribution is 5.97. The van der Waals surface area contributed by atoms with Crippen LogP contribution in [-0.2, 0) is 7.05 Å². The number of methoxy groups -OCH3 is 1. The molecule has 0 unspecified atom stereocenters. The molecule has 0 spiro atoms. The summed E-state index contributed by atoms with van der Waals surface area (Å²) in [5.41, 5.74) is 5.86. The minimum atomic E-state index is -0.183. The van der Waals surface area contributed by atoms with E-state index in [-0.39, 0.29) is 11.9 Å². The summed E-state index contributed by atoms with van der Waals surface area (Å²) >= 11 is 0.